The number of hydrogen-bond donors (Lipinski definition) is 0. The quantitative estimate of drug-likeness (QED) is 0.649. The van der Waals surface area contributed by atoms with Crippen molar-refractivity contribution >= 4 is 17.2 Å². The van der Waals surface area contributed by atoms with Crippen LogP contribution in [0, 0.1) is 5.92 Å². The highest BCUT2D eigenvalue weighted by atomic mass is 32.1. The maximum Gasteiger partial charge on any atom is 0.259 e. The van der Waals surface area contributed by atoms with Crippen molar-refractivity contribution in [3.05, 3.63) is 52.7 Å². The van der Waals surface area contributed by atoms with Gasteiger partial charge in [-0.25, -0.2) is 0 Å². The summed E-state index contributed by atoms with van der Waals surface area (Å²) in [5.74, 6) is 2.05. The fraction of sp³-hybridized carbons (Fsp3) is 0.429. The Bertz CT molecular complexity index is 952. The second-order valence-corrected chi connectivity index (χ2v) is 8.71. The number of aromatic nitrogens is 3. The molecule has 4 heterocycles. The fourth-order valence-corrected chi connectivity index (χ4v) is 4.86. The molecule has 0 aromatic carbocycles. The van der Waals surface area contributed by atoms with Crippen molar-refractivity contribution in [3.8, 4) is 11.5 Å². The lowest BCUT2D eigenvalue weighted by Crippen LogP contribution is -2.49. The number of hydrogen-bond acceptors (Lipinski definition) is 6. The summed E-state index contributed by atoms with van der Waals surface area (Å²) in [6, 6.07) is 5.69. The van der Waals surface area contributed by atoms with E-state index in [9.17, 15) is 4.79 Å². The average Bonchev–Trinajstić information content (AvgIpc) is 3.20. The number of nitrogens with zero attached hydrogens (tertiary/aromatic N) is 4. The van der Waals surface area contributed by atoms with Crippen LogP contribution in [0.1, 0.15) is 48.3 Å². The molecule has 7 heteroatoms. The number of piperidine rings is 1. The van der Waals surface area contributed by atoms with Crippen molar-refractivity contribution in [2.24, 2.45) is 5.92 Å². The molecule has 0 N–H and O–H groups in total. The van der Waals surface area contributed by atoms with Crippen molar-refractivity contribution < 1.29 is 9.32 Å². The van der Waals surface area contributed by atoms with Gasteiger partial charge in [-0.15, -0.1) is 0 Å². The Morgan fingerprint density at radius 3 is 3.04 bits per heavy atom. The minimum Gasteiger partial charge on any atom is -0.338 e. The average molecular weight is 395 g/mol. The van der Waals surface area contributed by atoms with Gasteiger partial charge in [-0.1, -0.05) is 18.0 Å². The van der Waals surface area contributed by atoms with Crippen molar-refractivity contribution in [2.75, 3.05) is 13.1 Å². The third kappa shape index (κ3) is 3.35. The van der Waals surface area contributed by atoms with Crippen molar-refractivity contribution in [3.63, 3.8) is 0 Å². The summed E-state index contributed by atoms with van der Waals surface area (Å²) < 4.78 is 5.60. The van der Waals surface area contributed by atoms with E-state index in [-0.39, 0.29) is 11.3 Å². The highest BCUT2D eigenvalue weighted by Crippen LogP contribution is 2.46. The molecule has 5 rings (SSSR count). The molecule has 1 saturated heterocycles. The first-order chi connectivity index (χ1) is 13.7. The van der Waals surface area contributed by atoms with E-state index in [4.69, 9.17) is 9.51 Å². The maximum atomic E-state index is 13.0. The molecule has 6 nitrogen and oxygen atoms in total. The zero-order chi connectivity index (χ0) is 19.0. The van der Waals surface area contributed by atoms with Gasteiger partial charge in [0.1, 0.15) is 0 Å². The lowest BCUT2D eigenvalue weighted by molar-refractivity contribution is 0.0607. The Labute approximate surface area is 167 Å². The van der Waals surface area contributed by atoms with Crippen LogP contribution in [0.4, 0.5) is 0 Å². The molecule has 0 bridgehead atoms. The number of amides is 1. The molecule has 0 spiro atoms. The van der Waals surface area contributed by atoms with Gasteiger partial charge in [0.2, 0.25) is 0 Å². The van der Waals surface area contributed by atoms with Gasteiger partial charge in [-0.05, 0) is 48.8 Å². The number of thiophene rings is 1. The Morgan fingerprint density at radius 2 is 2.29 bits per heavy atom. The lowest BCUT2D eigenvalue weighted by atomic mass is 9.74. The van der Waals surface area contributed by atoms with E-state index >= 15 is 0 Å². The van der Waals surface area contributed by atoms with Gasteiger partial charge in [0.25, 0.3) is 11.8 Å². The molecule has 144 valence electrons. The van der Waals surface area contributed by atoms with Gasteiger partial charge in [-0.3, -0.25) is 9.78 Å². The van der Waals surface area contributed by atoms with Crippen molar-refractivity contribution in [1.82, 2.24) is 20.0 Å². The highest BCUT2D eigenvalue weighted by Gasteiger charge is 2.46. The van der Waals surface area contributed by atoms with Crippen LogP contribution < -0.4 is 0 Å². The third-order valence-electron chi connectivity index (χ3n) is 5.82. The zero-order valence-electron chi connectivity index (χ0n) is 15.6. The van der Waals surface area contributed by atoms with Crippen LogP contribution >= 0.6 is 11.3 Å². The Kier molecular flexibility index (Phi) is 4.47. The summed E-state index contributed by atoms with van der Waals surface area (Å²) in [4.78, 5) is 23.9. The maximum absolute atomic E-state index is 13.0. The monoisotopic (exact) mass is 394 g/mol. The second-order valence-electron chi connectivity index (χ2n) is 7.93. The van der Waals surface area contributed by atoms with Crippen LogP contribution in [-0.4, -0.2) is 39.0 Å². The Balaban J connectivity index is 1.45. The molecule has 3 aromatic rings. The van der Waals surface area contributed by atoms with Gasteiger partial charge < -0.3 is 9.42 Å². The van der Waals surface area contributed by atoms with Crippen LogP contribution in [0.2, 0.25) is 0 Å². The highest BCUT2D eigenvalue weighted by molar-refractivity contribution is 7.08. The topological polar surface area (TPSA) is 72.1 Å². The number of rotatable bonds is 5. The largest absolute Gasteiger partial charge is 0.338 e. The van der Waals surface area contributed by atoms with E-state index in [0.717, 1.165) is 42.8 Å². The van der Waals surface area contributed by atoms with Gasteiger partial charge >= 0.3 is 0 Å². The van der Waals surface area contributed by atoms with Gasteiger partial charge in [0, 0.05) is 30.9 Å². The van der Waals surface area contributed by atoms with Crippen LogP contribution in [0.3, 0.4) is 0 Å². The van der Waals surface area contributed by atoms with E-state index in [1.54, 1.807) is 23.7 Å². The molecular formula is C21H22N4O2S. The fourth-order valence-electron chi connectivity index (χ4n) is 4.23. The third-order valence-corrected chi connectivity index (χ3v) is 6.50. The molecule has 2 fully saturated rings. The summed E-state index contributed by atoms with van der Waals surface area (Å²) in [7, 11) is 0. The molecule has 28 heavy (non-hydrogen) atoms. The number of pyridine rings is 1. The first-order valence-electron chi connectivity index (χ1n) is 9.80. The summed E-state index contributed by atoms with van der Waals surface area (Å²) in [6.07, 6.45) is 8.94. The van der Waals surface area contributed by atoms with Crippen LogP contribution in [0.15, 0.2) is 45.9 Å². The summed E-state index contributed by atoms with van der Waals surface area (Å²) in [6.45, 7) is 1.44. The summed E-state index contributed by atoms with van der Waals surface area (Å²) in [5, 5.41) is 8.25. The predicted molar refractivity (Wildman–Crippen MR) is 106 cm³/mol. The second kappa shape index (κ2) is 7.13. The molecule has 1 saturated carbocycles. The Morgan fingerprint density at radius 1 is 1.36 bits per heavy atom. The van der Waals surface area contributed by atoms with E-state index in [2.05, 4.69) is 10.1 Å². The van der Waals surface area contributed by atoms with E-state index in [1.165, 1.54) is 12.8 Å². The number of carbonyl (C=O) groups excluding carboxylic acids is 1. The predicted octanol–water partition coefficient (Wildman–Crippen LogP) is 4.17. The molecule has 1 aliphatic carbocycles. The molecule has 1 amide bonds. The van der Waals surface area contributed by atoms with E-state index < -0.39 is 0 Å². The van der Waals surface area contributed by atoms with Crippen LogP contribution in [0.25, 0.3) is 11.5 Å². The van der Waals surface area contributed by atoms with Gasteiger partial charge in [-0.2, -0.15) is 16.3 Å². The minimum atomic E-state index is -0.227. The summed E-state index contributed by atoms with van der Waals surface area (Å²) >= 11 is 1.56. The van der Waals surface area contributed by atoms with Crippen LogP contribution in [-0.2, 0) is 5.41 Å². The van der Waals surface area contributed by atoms with Crippen LogP contribution in [0.5, 0.6) is 0 Å². The first-order valence-corrected chi connectivity index (χ1v) is 10.7. The zero-order valence-corrected chi connectivity index (χ0v) is 16.4. The van der Waals surface area contributed by atoms with E-state index in [0.29, 0.717) is 18.4 Å². The smallest absolute Gasteiger partial charge is 0.259 e. The Hall–Kier alpha value is -2.54. The van der Waals surface area contributed by atoms with Gasteiger partial charge in [0.05, 0.1) is 16.5 Å². The molecule has 1 unspecified atom stereocenters. The first kappa shape index (κ1) is 17.6. The van der Waals surface area contributed by atoms with Gasteiger partial charge in [0.15, 0.2) is 5.82 Å². The molecular weight excluding hydrogens is 372 g/mol. The molecule has 1 aliphatic heterocycles. The van der Waals surface area contributed by atoms with Crippen molar-refractivity contribution in [1.29, 1.82) is 0 Å². The summed E-state index contributed by atoms with van der Waals surface area (Å²) in [5.41, 5.74) is 1.37. The minimum absolute atomic E-state index is 0.108. The van der Waals surface area contributed by atoms with E-state index in [1.807, 2.05) is 33.9 Å². The standard InChI is InChI=1S/C21H22N4O2S/c26-19(17-6-10-28-13-17)25-9-2-7-21(14-25,11-15-4-5-15)20-23-18(27-24-20)16-3-1-8-22-12-16/h1,3,6,8,10,12-13,15H,2,4-5,7,9,11,14H2. The normalized spacial score (nSPS) is 22.4. The molecule has 0 radical (unpaired) electrons. The lowest BCUT2D eigenvalue weighted by Gasteiger charge is -2.41. The molecule has 2 aliphatic rings. The molecule has 3 aromatic heterocycles. The SMILES string of the molecule is O=C(c1ccsc1)N1CCCC(CC2CC2)(c2noc(-c3cccnc3)n2)C1. The number of carbonyl (C=O) groups is 1. The van der Waals surface area contributed by atoms with Crippen molar-refractivity contribution in [2.45, 2.75) is 37.5 Å². The number of likely N-dealkylation sites (tertiary alicyclic amines) is 1. The molecule has 1 atom stereocenters.